The van der Waals surface area contributed by atoms with E-state index in [1.165, 1.54) is 42.5 Å². The molecular formula is C26H22FN3O4. The third kappa shape index (κ3) is 4.17. The first-order chi connectivity index (χ1) is 16.1. The lowest BCUT2D eigenvalue weighted by atomic mass is 9.87. The summed E-state index contributed by atoms with van der Waals surface area (Å²) in [4.78, 5) is 38.0. The zero-order valence-corrected chi connectivity index (χ0v) is 18.8. The summed E-state index contributed by atoms with van der Waals surface area (Å²) < 4.78 is 14.5. The molecule has 0 saturated carbocycles. The summed E-state index contributed by atoms with van der Waals surface area (Å²) in [5.41, 5.74) is 1.53. The van der Waals surface area contributed by atoms with E-state index in [9.17, 15) is 24.1 Å². The van der Waals surface area contributed by atoms with Crippen LogP contribution in [0.25, 0.3) is 5.57 Å². The molecule has 0 fully saturated rings. The maximum absolute atomic E-state index is 14.5. The largest absolute Gasteiger partial charge is 0.350 e. The first-order valence-electron chi connectivity index (χ1n) is 10.6. The van der Waals surface area contributed by atoms with Gasteiger partial charge in [-0.25, -0.2) is 9.29 Å². The number of imide groups is 1. The van der Waals surface area contributed by atoms with E-state index < -0.39 is 22.6 Å². The first kappa shape index (κ1) is 22.8. The second-order valence-corrected chi connectivity index (χ2v) is 8.90. The van der Waals surface area contributed by atoms with Crippen molar-refractivity contribution in [3.8, 4) is 0 Å². The van der Waals surface area contributed by atoms with Crippen LogP contribution in [0.15, 0.2) is 78.5 Å². The van der Waals surface area contributed by atoms with E-state index in [4.69, 9.17) is 0 Å². The van der Waals surface area contributed by atoms with Crippen molar-refractivity contribution in [3.05, 3.63) is 106 Å². The predicted molar refractivity (Wildman–Crippen MR) is 128 cm³/mol. The number of nitro groups is 1. The maximum Gasteiger partial charge on any atom is 0.282 e. The van der Waals surface area contributed by atoms with Crippen LogP contribution >= 0.6 is 0 Å². The Morgan fingerprint density at radius 2 is 1.50 bits per heavy atom. The van der Waals surface area contributed by atoms with Crippen molar-refractivity contribution in [1.82, 2.24) is 0 Å². The van der Waals surface area contributed by atoms with Crippen LogP contribution in [0, 0.1) is 15.9 Å². The lowest BCUT2D eigenvalue weighted by Crippen LogP contribution is -2.33. The van der Waals surface area contributed by atoms with Gasteiger partial charge in [0, 0.05) is 17.8 Å². The molecule has 172 valence electrons. The van der Waals surface area contributed by atoms with Crippen LogP contribution in [0.2, 0.25) is 0 Å². The SMILES string of the molecule is CC(C)(C)c1ccc(NC2=C(c3ccc([N+](=O)[O-])cc3)C(=O)N(c3ccccc3F)C2=O)cc1. The van der Waals surface area contributed by atoms with Crippen molar-refractivity contribution in [2.24, 2.45) is 0 Å². The van der Waals surface area contributed by atoms with Gasteiger partial charge in [-0.3, -0.25) is 19.7 Å². The molecule has 0 spiro atoms. The molecule has 3 aromatic rings. The average molecular weight is 459 g/mol. The third-order valence-electron chi connectivity index (χ3n) is 5.56. The second kappa shape index (κ2) is 8.55. The molecule has 0 aliphatic carbocycles. The number of nitrogens with one attached hydrogen (secondary N) is 1. The standard InChI is InChI=1S/C26H22FN3O4/c1-26(2,3)17-10-12-18(13-11-17)28-23-22(16-8-14-19(15-9-16)30(33)34)24(31)29(25(23)32)21-7-5-4-6-20(21)27/h4-15,28H,1-3H3. The maximum atomic E-state index is 14.5. The van der Waals surface area contributed by atoms with Gasteiger partial charge < -0.3 is 5.32 Å². The molecule has 4 rings (SSSR count). The number of anilines is 2. The number of hydrogen-bond donors (Lipinski definition) is 1. The Hall–Kier alpha value is -4.33. The predicted octanol–water partition coefficient (Wildman–Crippen LogP) is 5.43. The monoisotopic (exact) mass is 459 g/mol. The highest BCUT2D eigenvalue weighted by molar-refractivity contribution is 6.46. The number of hydrogen-bond acceptors (Lipinski definition) is 5. The minimum atomic E-state index is -0.724. The molecule has 2 amide bonds. The summed E-state index contributed by atoms with van der Waals surface area (Å²) in [5, 5.41) is 14.1. The minimum absolute atomic E-state index is 0.00282. The number of carbonyl (C=O) groups is 2. The molecular weight excluding hydrogens is 437 g/mol. The zero-order chi connectivity index (χ0) is 24.6. The summed E-state index contributed by atoms with van der Waals surface area (Å²) in [6.45, 7) is 6.24. The summed E-state index contributed by atoms with van der Waals surface area (Å²) in [7, 11) is 0. The number of para-hydroxylation sites is 1. The van der Waals surface area contributed by atoms with Gasteiger partial charge in [-0.2, -0.15) is 0 Å². The smallest absolute Gasteiger partial charge is 0.282 e. The van der Waals surface area contributed by atoms with Crippen LogP contribution in [0.4, 0.5) is 21.5 Å². The number of benzene rings is 3. The van der Waals surface area contributed by atoms with Crippen LogP contribution < -0.4 is 10.2 Å². The van der Waals surface area contributed by atoms with Crippen molar-refractivity contribution < 1.29 is 18.9 Å². The number of amides is 2. The Kier molecular flexibility index (Phi) is 5.75. The fraction of sp³-hybridized carbons (Fsp3) is 0.154. The van der Waals surface area contributed by atoms with Crippen molar-refractivity contribution in [3.63, 3.8) is 0 Å². The Morgan fingerprint density at radius 1 is 0.882 bits per heavy atom. The minimum Gasteiger partial charge on any atom is -0.350 e. The van der Waals surface area contributed by atoms with Crippen molar-refractivity contribution in [1.29, 1.82) is 0 Å². The van der Waals surface area contributed by atoms with E-state index >= 15 is 0 Å². The van der Waals surface area contributed by atoms with Gasteiger partial charge in [-0.15, -0.1) is 0 Å². The number of non-ortho nitro benzene ring substituents is 1. The van der Waals surface area contributed by atoms with Gasteiger partial charge in [0.15, 0.2) is 0 Å². The van der Waals surface area contributed by atoms with Crippen molar-refractivity contribution in [2.75, 3.05) is 10.2 Å². The molecule has 0 radical (unpaired) electrons. The Labute approximate surface area is 195 Å². The highest BCUT2D eigenvalue weighted by Gasteiger charge is 2.41. The quantitative estimate of drug-likeness (QED) is 0.312. The Balaban J connectivity index is 1.80. The topological polar surface area (TPSA) is 92.6 Å². The molecule has 1 aliphatic rings. The van der Waals surface area contributed by atoms with Gasteiger partial charge in [-0.05, 0) is 52.9 Å². The molecule has 1 heterocycles. The molecule has 0 bridgehead atoms. The van der Waals surface area contributed by atoms with Gasteiger partial charge in [0.1, 0.15) is 11.5 Å². The van der Waals surface area contributed by atoms with Gasteiger partial charge in [-0.1, -0.05) is 45.0 Å². The highest BCUT2D eigenvalue weighted by atomic mass is 19.1. The number of nitrogens with zero attached hydrogens (tertiary/aromatic N) is 2. The number of carbonyl (C=O) groups excluding carboxylic acids is 2. The van der Waals surface area contributed by atoms with E-state index in [1.54, 1.807) is 12.1 Å². The van der Waals surface area contributed by atoms with E-state index in [-0.39, 0.29) is 28.1 Å². The molecule has 0 saturated heterocycles. The molecule has 3 aromatic carbocycles. The first-order valence-corrected chi connectivity index (χ1v) is 10.6. The number of nitro benzene ring substituents is 1. The molecule has 34 heavy (non-hydrogen) atoms. The fourth-order valence-corrected chi connectivity index (χ4v) is 3.71. The second-order valence-electron chi connectivity index (χ2n) is 8.90. The van der Waals surface area contributed by atoms with E-state index in [0.29, 0.717) is 11.3 Å². The summed E-state index contributed by atoms with van der Waals surface area (Å²) in [6.07, 6.45) is 0. The van der Waals surface area contributed by atoms with Crippen molar-refractivity contribution in [2.45, 2.75) is 26.2 Å². The van der Waals surface area contributed by atoms with E-state index in [2.05, 4.69) is 26.1 Å². The van der Waals surface area contributed by atoms with E-state index in [0.717, 1.165) is 16.5 Å². The summed E-state index contributed by atoms with van der Waals surface area (Å²) in [6, 6.07) is 18.2. The molecule has 0 aromatic heterocycles. The van der Waals surface area contributed by atoms with Gasteiger partial charge >= 0.3 is 0 Å². The average Bonchev–Trinajstić information content (AvgIpc) is 3.03. The van der Waals surface area contributed by atoms with Gasteiger partial charge in [0.05, 0.1) is 16.2 Å². The number of rotatable bonds is 5. The zero-order valence-electron chi connectivity index (χ0n) is 18.8. The van der Waals surface area contributed by atoms with Crippen LogP contribution in [0.1, 0.15) is 31.9 Å². The third-order valence-corrected chi connectivity index (χ3v) is 5.56. The Bertz CT molecular complexity index is 1320. The van der Waals surface area contributed by atoms with Crippen LogP contribution in [-0.2, 0) is 15.0 Å². The van der Waals surface area contributed by atoms with Crippen molar-refractivity contribution >= 4 is 34.4 Å². The normalized spacial score (nSPS) is 14.1. The number of halogens is 1. The summed E-state index contributed by atoms with van der Waals surface area (Å²) in [5.74, 6) is -2.16. The fourth-order valence-electron chi connectivity index (χ4n) is 3.71. The van der Waals surface area contributed by atoms with E-state index in [1.807, 2.05) is 12.1 Å². The molecule has 1 aliphatic heterocycles. The van der Waals surface area contributed by atoms with Crippen LogP contribution in [0.3, 0.4) is 0 Å². The molecule has 0 atom stereocenters. The van der Waals surface area contributed by atoms with Gasteiger partial charge in [0.2, 0.25) is 0 Å². The van der Waals surface area contributed by atoms with Crippen LogP contribution in [0.5, 0.6) is 0 Å². The summed E-state index contributed by atoms with van der Waals surface area (Å²) >= 11 is 0. The lowest BCUT2D eigenvalue weighted by molar-refractivity contribution is -0.384. The Morgan fingerprint density at radius 3 is 2.06 bits per heavy atom. The van der Waals surface area contributed by atoms with Gasteiger partial charge in [0.25, 0.3) is 17.5 Å². The molecule has 7 nitrogen and oxygen atoms in total. The van der Waals surface area contributed by atoms with Crippen LogP contribution in [-0.4, -0.2) is 16.7 Å². The molecule has 8 heteroatoms. The highest BCUT2D eigenvalue weighted by Crippen LogP contribution is 2.35. The molecule has 1 N–H and O–H groups in total. The lowest BCUT2D eigenvalue weighted by Gasteiger charge is -2.19. The molecule has 0 unspecified atom stereocenters.